The number of carboxylic acids is 1. The maximum Gasteiger partial charge on any atom is 0.416 e. The second-order valence-electron chi connectivity index (χ2n) is 8.07. The fourth-order valence-electron chi connectivity index (χ4n) is 3.76. The molecule has 0 radical (unpaired) electrons. The molecule has 0 atom stereocenters. The first-order valence-corrected chi connectivity index (χ1v) is 10.6. The Morgan fingerprint density at radius 1 is 0.882 bits per heavy atom. The SMILES string of the molecule is O=C(O)CN1CCN(CCc2ccccc2OCc2cc(C(F)(F)F)cc(C(F)(F)F)c2)CC1. The second kappa shape index (κ2) is 10.6. The molecule has 2 aromatic rings. The van der Waals surface area contributed by atoms with Crippen molar-refractivity contribution in [1.82, 2.24) is 9.80 Å². The summed E-state index contributed by atoms with van der Waals surface area (Å²) in [6.45, 7) is 2.85. The molecule has 0 bridgehead atoms. The summed E-state index contributed by atoms with van der Waals surface area (Å²) >= 11 is 0. The summed E-state index contributed by atoms with van der Waals surface area (Å²) in [7, 11) is 0. The zero-order valence-electron chi connectivity index (χ0n) is 18.1. The van der Waals surface area contributed by atoms with E-state index in [0.29, 0.717) is 57.0 Å². The van der Waals surface area contributed by atoms with Gasteiger partial charge in [0, 0.05) is 32.7 Å². The average Bonchev–Trinajstić information content (AvgIpc) is 2.76. The molecule has 1 heterocycles. The van der Waals surface area contributed by atoms with Crippen LogP contribution >= 0.6 is 0 Å². The molecular weight excluding hydrogens is 466 g/mol. The Labute approximate surface area is 192 Å². The van der Waals surface area contributed by atoms with E-state index in [9.17, 15) is 31.1 Å². The molecule has 1 aliphatic rings. The lowest BCUT2D eigenvalue weighted by Gasteiger charge is -2.33. The Hall–Kier alpha value is -2.79. The van der Waals surface area contributed by atoms with Gasteiger partial charge in [-0.25, -0.2) is 0 Å². The first kappa shape index (κ1) is 25.8. The van der Waals surface area contributed by atoms with Crippen LogP contribution in [-0.4, -0.2) is 60.1 Å². The molecular formula is C23H24F6N2O3. The standard InChI is InChI=1S/C23H24F6N2O3/c24-22(25,26)18-11-16(12-19(13-18)23(27,28)29)15-34-20-4-2-1-3-17(20)5-6-30-7-9-31(10-8-30)14-21(32)33/h1-4,11-13H,5-10,14-15H2,(H,32,33). The van der Waals surface area contributed by atoms with Crippen LogP contribution in [0.25, 0.3) is 0 Å². The summed E-state index contributed by atoms with van der Waals surface area (Å²) in [5.41, 5.74) is -2.21. The van der Waals surface area contributed by atoms with E-state index >= 15 is 0 Å². The van der Waals surface area contributed by atoms with Crippen molar-refractivity contribution >= 4 is 5.97 Å². The van der Waals surface area contributed by atoms with Crippen LogP contribution in [0.3, 0.4) is 0 Å². The maximum absolute atomic E-state index is 13.1. The first-order valence-electron chi connectivity index (χ1n) is 10.6. The molecule has 0 amide bonds. The smallest absolute Gasteiger partial charge is 0.416 e. The fraction of sp³-hybridized carbons (Fsp3) is 0.435. The summed E-state index contributed by atoms with van der Waals surface area (Å²) in [5.74, 6) is -0.486. The van der Waals surface area contributed by atoms with Crippen molar-refractivity contribution in [1.29, 1.82) is 0 Å². The third-order valence-corrected chi connectivity index (χ3v) is 5.54. The van der Waals surface area contributed by atoms with Gasteiger partial charge in [-0.3, -0.25) is 9.69 Å². The Kier molecular flexibility index (Phi) is 8.09. The number of para-hydroxylation sites is 1. The number of hydrogen-bond donors (Lipinski definition) is 1. The molecule has 11 heteroatoms. The van der Waals surface area contributed by atoms with Crippen LogP contribution in [0.2, 0.25) is 0 Å². The van der Waals surface area contributed by atoms with Crippen LogP contribution in [-0.2, 0) is 30.2 Å². The Morgan fingerprint density at radius 3 is 2.00 bits per heavy atom. The number of alkyl halides is 6. The van der Waals surface area contributed by atoms with Crippen LogP contribution in [0.1, 0.15) is 22.3 Å². The zero-order valence-corrected chi connectivity index (χ0v) is 18.1. The predicted octanol–water partition coefficient (Wildman–Crippen LogP) is 4.55. The summed E-state index contributed by atoms with van der Waals surface area (Å²) in [6.07, 6.45) is -9.27. The Balaban J connectivity index is 1.64. The lowest BCUT2D eigenvalue weighted by Crippen LogP contribution is -2.48. The van der Waals surface area contributed by atoms with Gasteiger partial charge in [0.25, 0.3) is 0 Å². The normalized spacial score (nSPS) is 15.9. The first-order chi connectivity index (χ1) is 15.9. The van der Waals surface area contributed by atoms with Gasteiger partial charge in [-0.15, -0.1) is 0 Å². The van der Waals surface area contributed by atoms with E-state index in [-0.39, 0.29) is 18.2 Å². The number of piperazine rings is 1. The quantitative estimate of drug-likeness (QED) is 0.551. The van der Waals surface area contributed by atoms with Gasteiger partial charge in [-0.05, 0) is 41.8 Å². The predicted molar refractivity (Wildman–Crippen MR) is 111 cm³/mol. The van der Waals surface area contributed by atoms with Gasteiger partial charge in [0.15, 0.2) is 0 Å². The largest absolute Gasteiger partial charge is 0.489 e. The number of benzene rings is 2. The third-order valence-electron chi connectivity index (χ3n) is 5.54. The molecule has 1 fully saturated rings. The average molecular weight is 490 g/mol. The third kappa shape index (κ3) is 7.36. The van der Waals surface area contributed by atoms with Gasteiger partial charge in [0.1, 0.15) is 12.4 Å². The number of carboxylic acid groups (broad SMARTS) is 1. The number of carbonyl (C=O) groups is 1. The second-order valence-corrected chi connectivity index (χ2v) is 8.07. The molecule has 0 unspecified atom stereocenters. The van der Waals surface area contributed by atoms with Crippen molar-refractivity contribution in [2.75, 3.05) is 39.3 Å². The molecule has 2 aromatic carbocycles. The molecule has 186 valence electrons. The summed E-state index contributed by atoms with van der Waals surface area (Å²) in [6, 6.07) is 8.29. The number of halogens is 6. The molecule has 0 spiro atoms. The highest BCUT2D eigenvalue weighted by molar-refractivity contribution is 5.69. The van der Waals surface area contributed by atoms with Crippen molar-refractivity contribution < 1.29 is 41.0 Å². The molecule has 34 heavy (non-hydrogen) atoms. The van der Waals surface area contributed by atoms with Gasteiger partial charge in [0.05, 0.1) is 17.7 Å². The number of aliphatic carboxylic acids is 1. The van der Waals surface area contributed by atoms with Gasteiger partial charge >= 0.3 is 18.3 Å². The van der Waals surface area contributed by atoms with Crippen molar-refractivity contribution in [3.63, 3.8) is 0 Å². The number of hydrogen-bond acceptors (Lipinski definition) is 4. The van der Waals surface area contributed by atoms with E-state index in [0.717, 1.165) is 5.56 Å². The van der Waals surface area contributed by atoms with E-state index in [1.165, 1.54) is 0 Å². The van der Waals surface area contributed by atoms with Gasteiger partial charge in [-0.1, -0.05) is 18.2 Å². The van der Waals surface area contributed by atoms with Crippen LogP contribution < -0.4 is 4.74 Å². The van der Waals surface area contributed by atoms with Gasteiger partial charge < -0.3 is 14.7 Å². The molecule has 5 nitrogen and oxygen atoms in total. The number of rotatable bonds is 8. The van der Waals surface area contributed by atoms with Crippen molar-refractivity contribution in [3.8, 4) is 5.75 Å². The van der Waals surface area contributed by atoms with E-state index in [1.807, 2.05) is 4.90 Å². The molecule has 3 rings (SSSR count). The molecule has 0 saturated carbocycles. The van der Waals surface area contributed by atoms with Crippen molar-refractivity contribution in [2.45, 2.75) is 25.4 Å². The molecule has 1 N–H and O–H groups in total. The maximum atomic E-state index is 13.1. The fourth-order valence-corrected chi connectivity index (χ4v) is 3.76. The van der Waals surface area contributed by atoms with Crippen LogP contribution in [0.15, 0.2) is 42.5 Å². The minimum Gasteiger partial charge on any atom is -0.489 e. The zero-order chi connectivity index (χ0) is 24.9. The molecule has 1 saturated heterocycles. The summed E-state index contributed by atoms with van der Waals surface area (Å²) in [4.78, 5) is 14.8. The highest BCUT2D eigenvalue weighted by Gasteiger charge is 2.37. The van der Waals surface area contributed by atoms with E-state index in [1.54, 1.807) is 24.3 Å². The van der Waals surface area contributed by atoms with Crippen LogP contribution in [0.4, 0.5) is 26.3 Å². The number of ether oxygens (including phenoxy) is 1. The Bertz CT molecular complexity index is 953. The summed E-state index contributed by atoms with van der Waals surface area (Å²) < 4.78 is 84.1. The minimum absolute atomic E-state index is 0.00386. The van der Waals surface area contributed by atoms with Crippen LogP contribution in [0, 0.1) is 0 Å². The van der Waals surface area contributed by atoms with Crippen molar-refractivity contribution in [2.24, 2.45) is 0 Å². The lowest BCUT2D eigenvalue weighted by atomic mass is 10.0. The molecule has 0 aliphatic carbocycles. The van der Waals surface area contributed by atoms with Gasteiger partial charge in [-0.2, -0.15) is 26.3 Å². The van der Waals surface area contributed by atoms with E-state index in [2.05, 4.69) is 4.90 Å². The van der Waals surface area contributed by atoms with Crippen LogP contribution in [0.5, 0.6) is 5.75 Å². The topological polar surface area (TPSA) is 53.0 Å². The van der Waals surface area contributed by atoms with E-state index in [4.69, 9.17) is 9.84 Å². The Morgan fingerprint density at radius 2 is 1.44 bits per heavy atom. The lowest BCUT2D eigenvalue weighted by molar-refractivity contribution is -0.143. The summed E-state index contributed by atoms with van der Waals surface area (Å²) in [5, 5.41) is 8.88. The molecule has 1 aliphatic heterocycles. The molecule has 0 aromatic heterocycles. The minimum atomic E-state index is -4.91. The monoisotopic (exact) mass is 490 g/mol. The van der Waals surface area contributed by atoms with Gasteiger partial charge in [0.2, 0.25) is 0 Å². The highest BCUT2D eigenvalue weighted by atomic mass is 19.4. The van der Waals surface area contributed by atoms with E-state index < -0.39 is 36.1 Å². The number of nitrogens with zero attached hydrogens (tertiary/aromatic N) is 2. The van der Waals surface area contributed by atoms with Crippen molar-refractivity contribution in [3.05, 3.63) is 64.7 Å². The highest BCUT2D eigenvalue weighted by Crippen LogP contribution is 2.36.